The summed E-state index contributed by atoms with van der Waals surface area (Å²) >= 11 is 0. The second-order valence-corrected chi connectivity index (χ2v) is 5.20. The zero-order valence-corrected chi connectivity index (χ0v) is 13.1. The minimum absolute atomic E-state index is 0.0352. The molecular formula is C17H18N2O4. The predicted molar refractivity (Wildman–Crippen MR) is 86.7 cm³/mol. The van der Waals surface area contributed by atoms with Gasteiger partial charge in [0.1, 0.15) is 12.4 Å². The van der Waals surface area contributed by atoms with E-state index in [4.69, 9.17) is 4.74 Å². The molecule has 6 nitrogen and oxygen atoms in total. The molecule has 0 aliphatic carbocycles. The van der Waals surface area contributed by atoms with Gasteiger partial charge in [0.05, 0.1) is 11.5 Å². The van der Waals surface area contributed by atoms with Crippen LogP contribution in [-0.4, -0.2) is 35.9 Å². The zero-order chi connectivity index (χ0) is 16.8. The molecule has 1 amide bonds. The van der Waals surface area contributed by atoms with E-state index in [2.05, 4.69) is 0 Å². The highest BCUT2D eigenvalue weighted by molar-refractivity contribution is 5.94. The fourth-order valence-corrected chi connectivity index (χ4v) is 2.05. The van der Waals surface area contributed by atoms with E-state index in [9.17, 15) is 14.9 Å². The van der Waals surface area contributed by atoms with Crippen LogP contribution in [0.1, 0.15) is 15.9 Å². The van der Waals surface area contributed by atoms with Crippen LogP contribution in [0.15, 0.2) is 48.5 Å². The van der Waals surface area contributed by atoms with Crippen LogP contribution in [-0.2, 0) is 0 Å². The summed E-state index contributed by atoms with van der Waals surface area (Å²) in [6.45, 7) is 2.78. The minimum Gasteiger partial charge on any atom is -0.492 e. The lowest BCUT2D eigenvalue weighted by molar-refractivity contribution is -0.384. The highest BCUT2D eigenvalue weighted by atomic mass is 16.6. The molecule has 0 saturated heterocycles. The highest BCUT2D eigenvalue weighted by Gasteiger charge is 2.13. The number of rotatable bonds is 6. The molecule has 0 aromatic heterocycles. The Kier molecular flexibility index (Phi) is 5.30. The third-order valence-corrected chi connectivity index (χ3v) is 3.36. The van der Waals surface area contributed by atoms with E-state index < -0.39 is 4.92 Å². The number of likely N-dealkylation sites (N-methyl/N-ethyl adjacent to an activating group) is 1. The summed E-state index contributed by atoms with van der Waals surface area (Å²) in [5.41, 5.74) is 1.48. The Balaban J connectivity index is 1.88. The van der Waals surface area contributed by atoms with Crippen LogP contribution in [0.2, 0.25) is 0 Å². The number of nitro benzene ring substituents is 1. The molecule has 0 aliphatic heterocycles. The molecule has 2 aromatic rings. The molecule has 0 aliphatic rings. The highest BCUT2D eigenvalue weighted by Crippen LogP contribution is 2.14. The number of carbonyl (C=O) groups is 1. The van der Waals surface area contributed by atoms with Gasteiger partial charge in [0.2, 0.25) is 0 Å². The number of ether oxygens (including phenoxy) is 1. The standard InChI is InChI=1S/C17H18N2O4/c1-13-4-3-5-16(12-13)23-11-10-18(2)17(20)14-6-8-15(9-7-14)19(21)22/h3-9,12H,10-11H2,1-2H3. The van der Waals surface area contributed by atoms with Crippen LogP contribution in [0.25, 0.3) is 0 Å². The molecule has 2 rings (SSSR count). The van der Waals surface area contributed by atoms with Crippen LogP contribution in [0.4, 0.5) is 5.69 Å². The van der Waals surface area contributed by atoms with Gasteiger partial charge in [0.15, 0.2) is 0 Å². The smallest absolute Gasteiger partial charge is 0.269 e. The molecule has 0 saturated carbocycles. The molecule has 0 fully saturated rings. The summed E-state index contributed by atoms with van der Waals surface area (Å²) < 4.78 is 5.61. The number of nitro groups is 1. The summed E-state index contributed by atoms with van der Waals surface area (Å²) in [6, 6.07) is 13.3. The first kappa shape index (κ1) is 16.5. The Labute approximate surface area is 134 Å². The lowest BCUT2D eigenvalue weighted by atomic mass is 10.2. The number of hydrogen-bond acceptors (Lipinski definition) is 4. The van der Waals surface area contributed by atoms with Gasteiger partial charge in [-0.2, -0.15) is 0 Å². The first-order valence-corrected chi connectivity index (χ1v) is 7.17. The van der Waals surface area contributed by atoms with Crippen molar-refractivity contribution in [3.05, 3.63) is 69.8 Å². The van der Waals surface area contributed by atoms with Crippen molar-refractivity contribution >= 4 is 11.6 Å². The molecule has 0 atom stereocenters. The van der Waals surface area contributed by atoms with Gasteiger partial charge >= 0.3 is 0 Å². The van der Waals surface area contributed by atoms with Crippen LogP contribution < -0.4 is 4.74 Å². The van der Waals surface area contributed by atoms with E-state index in [-0.39, 0.29) is 11.6 Å². The summed E-state index contributed by atoms with van der Waals surface area (Å²) in [6.07, 6.45) is 0. The van der Waals surface area contributed by atoms with E-state index in [1.807, 2.05) is 31.2 Å². The normalized spacial score (nSPS) is 10.2. The number of hydrogen-bond donors (Lipinski definition) is 0. The monoisotopic (exact) mass is 314 g/mol. The third kappa shape index (κ3) is 4.54. The molecule has 0 spiro atoms. The topological polar surface area (TPSA) is 72.7 Å². The van der Waals surface area contributed by atoms with Crippen molar-refractivity contribution in [2.24, 2.45) is 0 Å². The maximum atomic E-state index is 12.2. The molecule has 6 heteroatoms. The number of amides is 1. The largest absolute Gasteiger partial charge is 0.492 e. The van der Waals surface area contributed by atoms with Gasteiger partial charge in [0, 0.05) is 24.7 Å². The van der Waals surface area contributed by atoms with Crippen LogP contribution in [0, 0.1) is 17.0 Å². The van der Waals surface area contributed by atoms with Gasteiger partial charge < -0.3 is 9.64 Å². The van der Waals surface area contributed by atoms with E-state index in [1.165, 1.54) is 29.2 Å². The van der Waals surface area contributed by atoms with Crippen molar-refractivity contribution in [2.75, 3.05) is 20.2 Å². The third-order valence-electron chi connectivity index (χ3n) is 3.36. The number of benzene rings is 2. The lowest BCUT2D eigenvalue weighted by Gasteiger charge is -2.17. The second kappa shape index (κ2) is 7.40. The van der Waals surface area contributed by atoms with Crippen molar-refractivity contribution in [3.63, 3.8) is 0 Å². The second-order valence-electron chi connectivity index (χ2n) is 5.20. The van der Waals surface area contributed by atoms with Crippen molar-refractivity contribution in [1.82, 2.24) is 4.90 Å². The summed E-state index contributed by atoms with van der Waals surface area (Å²) in [5, 5.41) is 10.6. The SMILES string of the molecule is Cc1cccc(OCCN(C)C(=O)c2ccc([N+](=O)[O-])cc2)c1. The van der Waals surface area contributed by atoms with Gasteiger partial charge in [-0.25, -0.2) is 0 Å². The Morgan fingerprint density at radius 2 is 1.91 bits per heavy atom. The van der Waals surface area contributed by atoms with E-state index in [1.54, 1.807) is 7.05 Å². The number of carbonyl (C=O) groups excluding carboxylic acids is 1. The van der Waals surface area contributed by atoms with Gasteiger partial charge in [-0.3, -0.25) is 14.9 Å². The zero-order valence-electron chi connectivity index (χ0n) is 13.1. The Morgan fingerprint density at radius 1 is 1.22 bits per heavy atom. The first-order valence-electron chi connectivity index (χ1n) is 7.17. The molecule has 0 unspecified atom stereocenters. The fourth-order valence-electron chi connectivity index (χ4n) is 2.05. The quantitative estimate of drug-likeness (QED) is 0.607. The number of aryl methyl sites for hydroxylation is 1. The van der Waals surface area contributed by atoms with Crippen molar-refractivity contribution in [2.45, 2.75) is 6.92 Å². The molecular weight excluding hydrogens is 296 g/mol. The summed E-state index contributed by atoms with van der Waals surface area (Å²) in [4.78, 5) is 23.9. The number of non-ortho nitro benzene ring substituents is 1. The molecule has 120 valence electrons. The predicted octanol–water partition coefficient (Wildman–Crippen LogP) is 3.05. The minimum atomic E-state index is -0.492. The number of nitrogens with zero attached hydrogens (tertiary/aromatic N) is 2. The Morgan fingerprint density at radius 3 is 2.52 bits per heavy atom. The van der Waals surface area contributed by atoms with Crippen LogP contribution in [0.5, 0.6) is 5.75 Å². The average Bonchev–Trinajstić information content (AvgIpc) is 2.54. The van der Waals surface area contributed by atoms with E-state index >= 15 is 0 Å². The van der Waals surface area contributed by atoms with Crippen LogP contribution >= 0.6 is 0 Å². The molecule has 0 N–H and O–H groups in total. The fraction of sp³-hybridized carbons (Fsp3) is 0.235. The van der Waals surface area contributed by atoms with Crippen LogP contribution in [0.3, 0.4) is 0 Å². The van der Waals surface area contributed by atoms with Crippen molar-refractivity contribution in [3.8, 4) is 5.75 Å². The average molecular weight is 314 g/mol. The first-order chi connectivity index (χ1) is 11.0. The molecule has 23 heavy (non-hydrogen) atoms. The van der Waals surface area contributed by atoms with Crippen molar-refractivity contribution < 1.29 is 14.5 Å². The molecule has 0 heterocycles. The Hall–Kier alpha value is -2.89. The van der Waals surface area contributed by atoms with Gasteiger partial charge in [0.25, 0.3) is 11.6 Å². The summed E-state index contributed by atoms with van der Waals surface area (Å²) in [5.74, 6) is 0.564. The maximum absolute atomic E-state index is 12.2. The van der Waals surface area contributed by atoms with E-state index in [0.717, 1.165) is 11.3 Å². The molecule has 0 bridgehead atoms. The van der Waals surface area contributed by atoms with Gasteiger partial charge in [-0.15, -0.1) is 0 Å². The van der Waals surface area contributed by atoms with Crippen molar-refractivity contribution in [1.29, 1.82) is 0 Å². The van der Waals surface area contributed by atoms with Gasteiger partial charge in [-0.1, -0.05) is 12.1 Å². The van der Waals surface area contributed by atoms with E-state index in [0.29, 0.717) is 18.7 Å². The molecule has 2 aromatic carbocycles. The van der Waals surface area contributed by atoms with Gasteiger partial charge in [-0.05, 0) is 36.8 Å². The summed E-state index contributed by atoms with van der Waals surface area (Å²) in [7, 11) is 1.67. The molecule has 0 radical (unpaired) electrons. The Bertz CT molecular complexity index is 698. The maximum Gasteiger partial charge on any atom is 0.269 e. The lowest BCUT2D eigenvalue weighted by Crippen LogP contribution is -2.30.